The lowest BCUT2D eigenvalue weighted by atomic mass is 10.1. The first-order valence-corrected chi connectivity index (χ1v) is 9.03. The molecule has 4 rings (SSSR count). The third-order valence-corrected chi connectivity index (χ3v) is 4.58. The number of imidazole rings is 1. The predicted octanol–water partition coefficient (Wildman–Crippen LogP) is 3.98. The number of hydrogen-bond donors (Lipinski definition) is 3. The molecule has 0 aliphatic carbocycles. The van der Waals surface area contributed by atoms with E-state index in [9.17, 15) is 0 Å². The zero-order valence-corrected chi connectivity index (χ0v) is 14.9. The van der Waals surface area contributed by atoms with Gasteiger partial charge in [0.05, 0.1) is 22.9 Å². The Bertz CT molecular complexity index is 948. The molecule has 2 aromatic heterocycles. The minimum atomic E-state index is 0.805. The highest BCUT2D eigenvalue weighted by molar-refractivity contribution is 5.74. The van der Waals surface area contributed by atoms with Gasteiger partial charge in [0, 0.05) is 18.5 Å². The number of nitrogens with zero attached hydrogens (tertiary/aromatic N) is 2. The molecular formula is C21H23N5. The predicted molar refractivity (Wildman–Crippen MR) is 105 cm³/mol. The number of H-pyrrole nitrogens is 2. The summed E-state index contributed by atoms with van der Waals surface area (Å²) in [5.41, 5.74) is 6.87. The van der Waals surface area contributed by atoms with E-state index >= 15 is 0 Å². The van der Waals surface area contributed by atoms with Crippen molar-refractivity contribution in [1.29, 1.82) is 0 Å². The topological polar surface area (TPSA) is 69.4 Å². The van der Waals surface area contributed by atoms with Crippen molar-refractivity contribution in [1.82, 2.24) is 25.5 Å². The molecule has 0 saturated heterocycles. The summed E-state index contributed by atoms with van der Waals surface area (Å²) in [6.07, 6.45) is 3.89. The molecule has 0 aliphatic heterocycles. The molecule has 0 spiro atoms. The largest absolute Gasteiger partial charge is 0.342 e. The van der Waals surface area contributed by atoms with Gasteiger partial charge in [0.1, 0.15) is 5.82 Å². The third kappa shape index (κ3) is 3.68. The van der Waals surface area contributed by atoms with Crippen LogP contribution in [0.5, 0.6) is 0 Å². The van der Waals surface area contributed by atoms with Crippen LogP contribution in [0.4, 0.5) is 0 Å². The Kier molecular flexibility index (Phi) is 4.80. The normalized spacial score (nSPS) is 11.3. The van der Waals surface area contributed by atoms with E-state index in [4.69, 9.17) is 0 Å². The van der Waals surface area contributed by atoms with Crippen LogP contribution in [0.25, 0.3) is 22.3 Å². The standard InChI is InChI=1S/C21H23N5/c1-15-8-10-16(11-9-15)21-17(14-23-26-21)13-22-12-4-7-20-24-18-5-2-3-6-19(18)25-20/h2-3,5-6,8-11,14,22H,4,7,12-13H2,1H3,(H,23,26)(H,24,25). The Morgan fingerprint density at radius 2 is 1.88 bits per heavy atom. The monoisotopic (exact) mass is 345 g/mol. The van der Waals surface area contributed by atoms with Crippen molar-refractivity contribution in [2.45, 2.75) is 26.3 Å². The van der Waals surface area contributed by atoms with Crippen molar-refractivity contribution in [3.05, 3.63) is 71.7 Å². The summed E-state index contributed by atoms with van der Waals surface area (Å²) in [4.78, 5) is 8.00. The summed E-state index contributed by atoms with van der Waals surface area (Å²) in [7, 11) is 0. The zero-order chi connectivity index (χ0) is 17.8. The van der Waals surface area contributed by atoms with E-state index < -0.39 is 0 Å². The van der Waals surface area contributed by atoms with Gasteiger partial charge in [-0.2, -0.15) is 5.10 Å². The molecule has 0 radical (unpaired) electrons. The van der Waals surface area contributed by atoms with Gasteiger partial charge in [-0.15, -0.1) is 0 Å². The Labute approximate surface area is 152 Å². The van der Waals surface area contributed by atoms with Crippen molar-refractivity contribution in [3.63, 3.8) is 0 Å². The van der Waals surface area contributed by atoms with Gasteiger partial charge in [0.25, 0.3) is 0 Å². The molecule has 0 aliphatic rings. The van der Waals surface area contributed by atoms with E-state index in [1.54, 1.807) is 0 Å². The van der Waals surface area contributed by atoms with Crippen molar-refractivity contribution >= 4 is 11.0 Å². The molecule has 0 unspecified atom stereocenters. The van der Waals surface area contributed by atoms with E-state index in [-0.39, 0.29) is 0 Å². The molecule has 2 aromatic carbocycles. The fraction of sp³-hybridized carbons (Fsp3) is 0.238. The van der Waals surface area contributed by atoms with Crippen molar-refractivity contribution in [2.75, 3.05) is 6.54 Å². The van der Waals surface area contributed by atoms with Crippen LogP contribution in [-0.4, -0.2) is 26.7 Å². The van der Waals surface area contributed by atoms with Crippen molar-refractivity contribution in [2.24, 2.45) is 0 Å². The van der Waals surface area contributed by atoms with Crippen molar-refractivity contribution < 1.29 is 0 Å². The number of rotatable bonds is 7. The van der Waals surface area contributed by atoms with Gasteiger partial charge in [0.15, 0.2) is 0 Å². The van der Waals surface area contributed by atoms with Crippen LogP contribution < -0.4 is 5.32 Å². The number of fused-ring (bicyclic) bond motifs is 1. The second kappa shape index (κ2) is 7.54. The Morgan fingerprint density at radius 3 is 2.73 bits per heavy atom. The van der Waals surface area contributed by atoms with Crippen LogP contribution >= 0.6 is 0 Å². The van der Waals surface area contributed by atoms with Crippen LogP contribution in [0, 0.1) is 6.92 Å². The molecule has 5 nitrogen and oxygen atoms in total. The van der Waals surface area contributed by atoms with Crippen LogP contribution in [0.1, 0.15) is 23.4 Å². The molecule has 0 fully saturated rings. The molecule has 3 N–H and O–H groups in total. The first-order valence-electron chi connectivity index (χ1n) is 9.03. The summed E-state index contributed by atoms with van der Waals surface area (Å²) in [5, 5.41) is 10.8. The molecule has 4 aromatic rings. The van der Waals surface area contributed by atoms with Crippen LogP contribution in [0.15, 0.2) is 54.7 Å². The Balaban J connectivity index is 1.29. The first-order chi connectivity index (χ1) is 12.8. The quantitative estimate of drug-likeness (QED) is 0.444. The Hall–Kier alpha value is -2.92. The summed E-state index contributed by atoms with van der Waals surface area (Å²) in [6, 6.07) is 16.7. The average Bonchev–Trinajstić information content (AvgIpc) is 3.28. The highest BCUT2D eigenvalue weighted by Crippen LogP contribution is 2.21. The number of aromatic nitrogens is 4. The lowest BCUT2D eigenvalue weighted by Gasteiger charge is -2.06. The van der Waals surface area contributed by atoms with E-state index in [1.165, 1.54) is 16.7 Å². The van der Waals surface area contributed by atoms with Gasteiger partial charge in [-0.1, -0.05) is 42.0 Å². The SMILES string of the molecule is Cc1ccc(-c2[nH]ncc2CNCCCc2nc3ccccc3[nH]2)cc1. The lowest BCUT2D eigenvalue weighted by molar-refractivity contribution is 0.642. The van der Waals surface area contributed by atoms with Gasteiger partial charge < -0.3 is 10.3 Å². The number of aromatic amines is 2. The van der Waals surface area contributed by atoms with Crippen LogP contribution in [0.3, 0.4) is 0 Å². The molecule has 0 atom stereocenters. The smallest absolute Gasteiger partial charge is 0.107 e. The van der Waals surface area contributed by atoms with Crippen molar-refractivity contribution in [3.8, 4) is 11.3 Å². The number of aryl methyl sites for hydroxylation is 2. The lowest BCUT2D eigenvalue weighted by Crippen LogP contribution is -2.15. The highest BCUT2D eigenvalue weighted by Gasteiger charge is 2.07. The van der Waals surface area contributed by atoms with Gasteiger partial charge in [-0.3, -0.25) is 5.10 Å². The number of para-hydroxylation sites is 2. The summed E-state index contributed by atoms with van der Waals surface area (Å²) in [5.74, 6) is 1.05. The van der Waals surface area contributed by atoms with Gasteiger partial charge in [-0.25, -0.2) is 4.98 Å². The van der Waals surface area contributed by atoms with Gasteiger partial charge in [-0.05, 0) is 37.6 Å². The minimum absolute atomic E-state index is 0.805. The molecule has 26 heavy (non-hydrogen) atoms. The maximum Gasteiger partial charge on any atom is 0.107 e. The minimum Gasteiger partial charge on any atom is -0.342 e. The highest BCUT2D eigenvalue weighted by atomic mass is 15.1. The molecule has 0 amide bonds. The zero-order valence-electron chi connectivity index (χ0n) is 14.9. The van der Waals surface area contributed by atoms with Gasteiger partial charge >= 0.3 is 0 Å². The summed E-state index contributed by atoms with van der Waals surface area (Å²) in [6.45, 7) is 3.84. The fourth-order valence-electron chi connectivity index (χ4n) is 3.14. The van der Waals surface area contributed by atoms with Crippen LogP contribution in [-0.2, 0) is 13.0 Å². The number of hydrogen-bond acceptors (Lipinski definition) is 3. The van der Waals surface area contributed by atoms with E-state index in [1.807, 2.05) is 24.4 Å². The molecule has 2 heterocycles. The van der Waals surface area contributed by atoms with E-state index in [0.29, 0.717) is 0 Å². The second-order valence-corrected chi connectivity index (χ2v) is 6.62. The second-order valence-electron chi connectivity index (χ2n) is 6.62. The van der Waals surface area contributed by atoms with Crippen LogP contribution in [0.2, 0.25) is 0 Å². The first kappa shape index (κ1) is 16.5. The molecule has 132 valence electrons. The maximum absolute atomic E-state index is 4.62. The number of nitrogens with one attached hydrogen (secondary N) is 3. The van der Waals surface area contributed by atoms with Gasteiger partial charge in [0.2, 0.25) is 0 Å². The maximum atomic E-state index is 4.62. The summed E-state index contributed by atoms with van der Waals surface area (Å²) < 4.78 is 0. The Morgan fingerprint density at radius 1 is 1.04 bits per heavy atom. The molecular weight excluding hydrogens is 322 g/mol. The van der Waals surface area contributed by atoms with E-state index in [0.717, 1.165) is 48.5 Å². The summed E-state index contributed by atoms with van der Waals surface area (Å²) >= 11 is 0. The number of benzene rings is 2. The fourth-order valence-corrected chi connectivity index (χ4v) is 3.14. The molecule has 5 heteroatoms. The van der Waals surface area contributed by atoms with E-state index in [2.05, 4.69) is 62.7 Å². The average molecular weight is 345 g/mol. The molecule has 0 saturated carbocycles. The molecule has 0 bridgehead atoms. The third-order valence-electron chi connectivity index (χ3n) is 4.58.